The van der Waals surface area contributed by atoms with Gasteiger partial charge in [0.25, 0.3) is 0 Å². The van der Waals surface area contributed by atoms with Crippen LogP contribution in [0.1, 0.15) is 12.8 Å². The third-order valence-electron chi connectivity index (χ3n) is 1.58. The van der Waals surface area contributed by atoms with Crippen LogP contribution in [0.4, 0.5) is 0 Å². The largest absolute Gasteiger partial charge is 0.397 e. The average Bonchev–Trinajstić information content (AvgIpc) is 2.32. The van der Waals surface area contributed by atoms with Gasteiger partial charge in [-0.15, -0.1) is 0 Å². The molecule has 0 aliphatic carbocycles. The summed E-state index contributed by atoms with van der Waals surface area (Å²) < 4.78 is 32.6. The molecule has 1 saturated heterocycles. The van der Waals surface area contributed by atoms with Gasteiger partial charge in [-0.05, 0) is 19.4 Å². The molecule has 66 valence electrons. The van der Waals surface area contributed by atoms with Gasteiger partial charge in [0.15, 0.2) is 0 Å². The predicted molar refractivity (Wildman–Crippen MR) is 38.5 cm³/mol. The van der Waals surface area contributed by atoms with Gasteiger partial charge in [-0.2, -0.15) is 8.42 Å². The molecule has 5 nitrogen and oxygen atoms in total. The van der Waals surface area contributed by atoms with Crippen molar-refractivity contribution in [1.82, 2.24) is 5.32 Å². The maximum absolute atomic E-state index is 10.1. The summed E-state index contributed by atoms with van der Waals surface area (Å²) in [5.74, 6) is 0. The number of hydrogen-bond acceptors (Lipinski definition) is 4. The molecule has 0 aromatic carbocycles. The van der Waals surface area contributed by atoms with Gasteiger partial charge >= 0.3 is 10.4 Å². The first-order valence-electron chi connectivity index (χ1n) is 3.43. The fraction of sp³-hybridized carbons (Fsp3) is 1.00. The lowest BCUT2D eigenvalue weighted by molar-refractivity contribution is 0.243. The average molecular weight is 181 g/mol. The summed E-state index contributed by atoms with van der Waals surface area (Å²) in [5, 5.41) is 3.03. The molecule has 0 aromatic heterocycles. The molecule has 0 unspecified atom stereocenters. The van der Waals surface area contributed by atoms with Crippen molar-refractivity contribution in [3.63, 3.8) is 0 Å². The van der Waals surface area contributed by atoms with Crippen LogP contribution in [0, 0.1) is 0 Å². The zero-order valence-corrected chi connectivity index (χ0v) is 6.80. The normalized spacial score (nSPS) is 25.7. The van der Waals surface area contributed by atoms with E-state index in [0.717, 1.165) is 19.4 Å². The summed E-state index contributed by atoms with van der Waals surface area (Å²) in [4.78, 5) is 0. The standard InChI is InChI=1S/C5H11NO4S/c7-11(8,9)10-4-5-2-1-3-6-5/h5-6H,1-4H2,(H,7,8,9)/t5-/m0/s1. The molecular formula is C5H11NO4S. The summed E-state index contributed by atoms with van der Waals surface area (Å²) in [6, 6.07) is 0.0666. The fourth-order valence-corrected chi connectivity index (χ4v) is 1.40. The second kappa shape index (κ2) is 3.48. The zero-order chi connectivity index (χ0) is 8.32. The zero-order valence-electron chi connectivity index (χ0n) is 5.99. The molecule has 0 saturated carbocycles. The Kier molecular flexibility index (Phi) is 2.83. The lowest BCUT2D eigenvalue weighted by Gasteiger charge is -2.07. The molecule has 0 amide bonds. The van der Waals surface area contributed by atoms with Gasteiger partial charge in [0.2, 0.25) is 0 Å². The monoisotopic (exact) mass is 181 g/mol. The molecule has 6 heteroatoms. The van der Waals surface area contributed by atoms with Crippen LogP contribution in [0.15, 0.2) is 0 Å². The van der Waals surface area contributed by atoms with Crippen molar-refractivity contribution in [2.24, 2.45) is 0 Å². The lowest BCUT2D eigenvalue weighted by Crippen LogP contribution is -2.27. The van der Waals surface area contributed by atoms with E-state index >= 15 is 0 Å². The molecule has 11 heavy (non-hydrogen) atoms. The first-order valence-corrected chi connectivity index (χ1v) is 4.80. The molecule has 1 heterocycles. The Morgan fingerprint density at radius 1 is 1.64 bits per heavy atom. The van der Waals surface area contributed by atoms with Crippen LogP contribution in [0.5, 0.6) is 0 Å². The van der Waals surface area contributed by atoms with Crippen molar-refractivity contribution < 1.29 is 17.2 Å². The molecule has 0 aromatic rings. The molecule has 0 radical (unpaired) electrons. The van der Waals surface area contributed by atoms with Gasteiger partial charge in [-0.1, -0.05) is 0 Å². The smallest absolute Gasteiger partial charge is 0.312 e. The van der Waals surface area contributed by atoms with Crippen molar-refractivity contribution in [2.45, 2.75) is 18.9 Å². The van der Waals surface area contributed by atoms with E-state index < -0.39 is 10.4 Å². The second-order valence-electron chi connectivity index (χ2n) is 2.51. The van der Waals surface area contributed by atoms with Crippen LogP contribution in [0.3, 0.4) is 0 Å². The summed E-state index contributed by atoms with van der Waals surface area (Å²) >= 11 is 0. The third kappa shape index (κ3) is 3.66. The van der Waals surface area contributed by atoms with Crippen LogP contribution < -0.4 is 5.32 Å². The van der Waals surface area contributed by atoms with Gasteiger partial charge < -0.3 is 5.32 Å². The number of nitrogens with one attached hydrogen (secondary N) is 1. The molecule has 1 atom stereocenters. The Bertz CT molecular complexity index is 207. The second-order valence-corrected chi connectivity index (χ2v) is 3.60. The quantitative estimate of drug-likeness (QED) is 0.577. The molecule has 1 aliphatic rings. The number of hydrogen-bond donors (Lipinski definition) is 2. The van der Waals surface area contributed by atoms with Gasteiger partial charge in [0, 0.05) is 6.04 Å². The van der Waals surface area contributed by atoms with E-state index in [1.165, 1.54) is 0 Å². The summed E-state index contributed by atoms with van der Waals surface area (Å²) in [6.07, 6.45) is 1.93. The minimum absolute atomic E-state index is 0.0266. The van der Waals surface area contributed by atoms with Crippen molar-refractivity contribution >= 4 is 10.4 Å². The van der Waals surface area contributed by atoms with Crippen LogP contribution in [-0.4, -0.2) is 32.2 Å². The molecular weight excluding hydrogens is 170 g/mol. The van der Waals surface area contributed by atoms with E-state index in [1.807, 2.05) is 0 Å². The Labute approximate surface area is 65.7 Å². The van der Waals surface area contributed by atoms with Crippen molar-refractivity contribution in [3.05, 3.63) is 0 Å². The third-order valence-corrected chi connectivity index (χ3v) is 2.01. The van der Waals surface area contributed by atoms with E-state index in [9.17, 15) is 8.42 Å². The fourth-order valence-electron chi connectivity index (χ4n) is 1.07. The topological polar surface area (TPSA) is 75.6 Å². The van der Waals surface area contributed by atoms with E-state index in [4.69, 9.17) is 4.55 Å². The van der Waals surface area contributed by atoms with Crippen molar-refractivity contribution in [3.8, 4) is 0 Å². The Morgan fingerprint density at radius 3 is 2.82 bits per heavy atom. The highest BCUT2D eigenvalue weighted by molar-refractivity contribution is 7.80. The van der Waals surface area contributed by atoms with Crippen molar-refractivity contribution in [2.75, 3.05) is 13.2 Å². The van der Waals surface area contributed by atoms with Crippen LogP contribution in [-0.2, 0) is 14.6 Å². The van der Waals surface area contributed by atoms with E-state index in [-0.39, 0.29) is 12.6 Å². The van der Waals surface area contributed by atoms with E-state index in [0.29, 0.717) is 0 Å². The lowest BCUT2D eigenvalue weighted by atomic mass is 10.2. The summed E-state index contributed by atoms with van der Waals surface area (Å²) in [7, 11) is -4.25. The number of rotatable bonds is 3. The molecule has 0 spiro atoms. The van der Waals surface area contributed by atoms with Gasteiger partial charge in [-0.25, -0.2) is 4.18 Å². The van der Waals surface area contributed by atoms with Crippen LogP contribution >= 0.6 is 0 Å². The minimum atomic E-state index is -4.25. The molecule has 1 aliphatic heterocycles. The van der Waals surface area contributed by atoms with Crippen LogP contribution in [0.2, 0.25) is 0 Å². The highest BCUT2D eigenvalue weighted by Gasteiger charge is 2.16. The predicted octanol–water partition coefficient (Wildman–Crippen LogP) is -0.442. The Hall–Kier alpha value is -0.170. The maximum atomic E-state index is 10.1. The first kappa shape index (κ1) is 8.92. The highest BCUT2D eigenvalue weighted by atomic mass is 32.3. The SMILES string of the molecule is O=S(=O)(O)OC[C@@H]1CCCN1. The Morgan fingerprint density at radius 2 is 2.36 bits per heavy atom. The molecule has 1 fully saturated rings. The van der Waals surface area contributed by atoms with Gasteiger partial charge in [0.05, 0.1) is 6.61 Å². The molecule has 1 rings (SSSR count). The molecule has 2 N–H and O–H groups in total. The van der Waals surface area contributed by atoms with E-state index in [1.54, 1.807) is 0 Å². The van der Waals surface area contributed by atoms with Gasteiger partial charge in [-0.3, -0.25) is 4.55 Å². The van der Waals surface area contributed by atoms with Crippen LogP contribution in [0.25, 0.3) is 0 Å². The molecule has 0 bridgehead atoms. The first-order chi connectivity index (χ1) is 5.08. The Balaban J connectivity index is 2.22. The summed E-state index contributed by atoms with van der Waals surface area (Å²) in [6.45, 7) is 0.915. The van der Waals surface area contributed by atoms with Crippen molar-refractivity contribution in [1.29, 1.82) is 0 Å². The van der Waals surface area contributed by atoms with Gasteiger partial charge in [0.1, 0.15) is 0 Å². The van der Waals surface area contributed by atoms with E-state index in [2.05, 4.69) is 9.50 Å². The summed E-state index contributed by atoms with van der Waals surface area (Å²) in [5.41, 5.74) is 0. The maximum Gasteiger partial charge on any atom is 0.397 e. The highest BCUT2D eigenvalue weighted by Crippen LogP contribution is 2.05. The minimum Gasteiger partial charge on any atom is -0.312 e.